The van der Waals surface area contributed by atoms with Gasteiger partial charge >= 0.3 is 5.97 Å². The molecule has 0 unspecified atom stereocenters. The number of para-hydroxylation sites is 1. The van der Waals surface area contributed by atoms with E-state index in [1.54, 1.807) is 60.6 Å². The molecule has 7 heteroatoms. The summed E-state index contributed by atoms with van der Waals surface area (Å²) in [6.07, 6.45) is 1.77. The third-order valence-electron chi connectivity index (χ3n) is 5.49. The van der Waals surface area contributed by atoms with Crippen molar-refractivity contribution in [2.75, 3.05) is 38.1 Å². The molecule has 0 radical (unpaired) electrons. The SMILES string of the molecule is COC(=O)c1ccccc1N1C(=Cc2ccc(N(C)C)cc2OC)C(=O)c2ccc(Cl)cc21. The molecule has 0 amide bonds. The van der Waals surface area contributed by atoms with Crippen LogP contribution in [0.3, 0.4) is 0 Å². The van der Waals surface area contributed by atoms with E-state index in [1.165, 1.54) is 7.11 Å². The fourth-order valence-electron chi connectivity index (χ4n) is 3.84. The van der Waals surface area contributed by atoms with E-state index in [-0.39, 0.29) is 5.78 Å². The van der Waals surface area contributed by atoms with Crippen LogP contribution in [0.1, 0.15) is 26.3 Å². The third-order valence-corrected chi connectivity index (χ3v) is 5.73. The summed E-state index contributed by atoms with van der Waals surface area (Å²) >= 11 is 6.28. The summed E-state index contributed by atoms with van der Waals surface area (Å²) < 4.78 is 10.6. The number of hydrogen-bond acceptors (Lipinski definition) is 6. The van der Waals surface area contributed by atoms with Crippen molar-refractivity contribution in [1.29, 1.82) is 0 Å². The second kappa shape index (κ2) is 9.00. The zero-order valence-corrected chi connectivity index (χ0v) is 19.5. The molecule has 0 bridgehead atoms. The van der Waals surface area contributed by atoms with Gasteiger partial charge in [-0.3, -0.25) is 4.79 Å². The molecule has 4 rings (SSSR count). The van der Waals surface area contributed by atoms with Crippen LogP contribution >= 0.6 is 11.6 Å². The Hall–Kier alpha value is -3.77. The van der Waals surface area contributed by atoms with E-state index in [9.17, 15) is 9.59 Å². The van der Waals surface area contributed by atoms with Gasteiger partial charge in [-0.25, -0.2) is 4.79 Å². The number of halogens is 1. The summed E-state index contributed by atoms with van der Waals surface area (Å²) in [5, 5.41) is 0.483. The van der Waals surface area contributed by atoms with Crippen molar-refractivity contribution >= 4 is 46.5 Å². The average Bonchev–Trinajstić information content (AvgIpc) is 3.09. The van der Waals surface area contributed by atoms with Crippen molar-refractivity contribution < 1.29 is 19.1 Å². The smallest absolute Gasteiger partial charge is 0.339 e. The molecule has 0 spiro atoms. The van der Waals surface area contributed by atoms with Crippen LogP contribution in [-0.4, -0.2) is 40.1 Å². The number of fused-ring (bicyclic) bond motifs is 1. The average molecular weight is 463 g/mol. The number of carbonyl (C=O) groups excluding carboxylic acids is 2. The third kappa shape index (κ3) is 4.05. The topological polar surface area (TPSA) is 59.1 Å². The lowest BCUT2D eigenvalue weighted by Crippen LogP contribution is -2.18. The van der Waals surface area contributed by atoms with Gasteiger partial charge < -0.3 is 19.3 Å². The van der Waals surface area contributed by atoms with Gasteiger partial charge in [0, 0.05) is 42.0 Å². The van der Waals surface area contributed by atoms with Crippen LogP contribution in [0.4, 0.5) is 17.1 Å². The molecular formula is C26H23ClN2O4. The van der Waals surface area contributed by atoms with Crippen molar-refractivity contribution in [2.24, 2.45) is 0 Å². The second-order valence-electron chi connectivity index (χ2n) is 7.68. The first-order chi connectivity index (χ1) is 15.8. The maximum atomic E-state index is 13.5. The number of ketones is 1. The Morgan fingerprint density at radius 2 is 1.76 bits per heavy atom. The highest BCUT2D eigenvalue weighted by Crippen LogP contribution is 2.44. The monoisotopic (exact) mass is 462 g/mol. The molecule has 33 heavy (non-hydrogen) atoms. The van der Waals surface area contributed by atoms with Crippen molar-refractivity contribution in [3.63, 3.8) is 0 Å². The number of nitrogens with zero attached hydrogens (tertiary/aromatic N) is 2. The van der Waals surface area contributed by atoms with Gasteiger partial charge in [0.25, 0.3) is 0 Å². The summed E-state index contributed by atoms with van der Waals surface area (Å²) in [5.41, 5.74) is 4.02. The van der Waals surface area contributed by atoms with E-state index in [1.807, 2.05) is 37.2 Å². The van der Waals surface area contributed by atoms with Gasteiger partial charge in [-0.2, -0.15) is 0 Å². The fourth-order valence-corrected chi connectivity index (χ4v) is 4.00. The first-order valence-electron chi connectivity index (χ1n) is 10.2. The maximum absolute atomic E-state index is 13.5. The molecule has 0 aromatic heterocycles. The number of ether oxygens (including phenoxy) is 2. The summed E-state index contributed by atoms with van der Waals surface area (Å²) in [5.74, 6) is -0.0578. The van der Waals surface area contributed by atoms with E-state index in [2.05, 4.69) is 0 Å². The molecular weight excluding hydrogens is 440 g/mol. The molecule has 6 nitrogen and oxygen atoms in total. The molecule has 168 valence electrons. The Morgan fingerprint density at radius 3 is 2.45 bits per heavy atom. The number of carbonyl (C=O) groups is 2. The van der Waals surface area contributed by atoms with Gasteiger partial charge in [-0.1, -0.05) is 23.7 Å². The number of hydrogen-bond donors (Lipinski definition) is 0. The molecule has 0 N–H and O–H groups in total. The quantitative estimate of drug-likeness (QED) is 0.364. The Bertz CT molecular complexity index is 1280. The van der Waals surface area contributed by atoms with E-state index in [0.29, 0.717) is 39.0 Å². The molecule has 0 saturated heterocycles. The second-order valence-corrected chi connectivity index (χ2v) is 8.12. The Morgan fingerprint density at radius 1 is 1.00 bits per heavy atom. The minimum atomic E-state index is -0.499. The molecule has 1 aliphatic heterocycles. The van der Waals surface area contributed by atoms with E-state index < -0.39 is 5.97 Å². The number of rotatable bonds is 5. The maximum Gasteiger partial charge on any atom is 0.339 e. The number of allylic oxidation sites excluding steroid dienone is 1. The number of Topliss-reactive ketones (excluding diaryl/α,β-unsaturated/α-hetero) is 1. The molecule has 0 atom stereocenters. The van der Waals surface area contributed by atoms with Crippen LogP contribution < -0.4 is 14.5 Å². The minimum absolute atomic E-state index is 0.180. The number of esters is 1. The van der Waals surface area contributed by atoms with Gasteiger partial charge in [0.2, 0.25) is 5.78 Å². The Labute approximate surface area is 197 Å². The molecule has 1 heterocycles. The Kier molecular flexibility index (Phi) is 6.11. The van der Waals surface area contributed by atoms with E-state index in [4.69, 9.17) is 21.1 Å². The molecule has 0 fully saturated rings. The highest BCUT2D eigenvalue weighted by Gasteiger charge is 2.35. The van der Waals surface area contributed by atoms with Crippen molar-refractivity contribution in [2.45, 2.75) is 0 Å². The van der Waals surface area contributed by atoms with Crippen LogP contribution in [0, 0.1) is 0 Å². The molecule has 3 aromatic carbocycles. The number of anilines is 3. The Balaban J connectivity index is 1.95. The van der Waals surface area contributed by atoms with Gasteiger partial charge in [0.15, 0.2) is 0 Å². The van der Waals surface area contributed by atoms with Crippen LogP contribution in [0.15, 0.2) is 66.4 Å². The van der Waals surface area contributed by atoms with Crippen LogP contribution in [0.2, 0.25) is 5.02 Å². The summed E-state index contributed by atoms with van der Waals surface area (Å²) in [6, 6.07) is 17.8. The number of methoxy groups -OCH3 is 2. The van der Waals surface area contributed by atoms with Crippen LogP contribution in [0.5, 0.6) is 5.75 Å². The largest absolute Gasteiger partial charge is 0.496 e. The predicted molar refractivity (Wildman–Crippen MR) is 131 cm³/mol. The van der Waals surface area contributed by atoms with E-state index in [0.717, 1.165) is 11.3 Å². The van der Waals surface area contributed by atoms with Gasteiger partial charge in [0.05, 0.1) is 36.9 Å². The molecule has 1 aliphatic rings. The first kappa shape index (κ1) is 22.4. The van der Waals surface area contributed by atoms with Gasteiger partial charge in [0.1, 0.15) is 5.75 Å². The van der Waals surface area contributed by atoms with Crippen molar-refractivity contribution in [1.82, 2.24) is 0 Å². The lowest BCUT2D eigenvalue weighted by atomic mass is 10.1. The zero-order valence-electron chi connectivity index (χ0n) is 18.8. The zero-order chi connectivity index (χ0) is 23.7. The normalized spacial score (nSPS) is 13.8. The van der Waals surface area contributed by atoms with E-state index >= 15 is 0 Å². The van der Waals surface area contributed by atoms with Crippen molar-refractivity contribution in [3.05, 3.63) is 88.1 Å². The minimum Gasteiger partial charge on any atom is -0.496 e. The molecule has 0 saturated carbocycles. The predicted octanol–water partition coefficient (Wildman–Crippen LogP) is 5.58. The van der Waals surface area contributed by atoms with Crippen LogP contribution in [-0.2, 0) is 4.74 Å². The van der Waals surface area contributed by atoms with Gasteiger partial charge in [-0.15, -0.1) is 0 Å². The first-order valence-corrected chi connectivity index (χ1v) is 10.6. The fraction of sp³-hybridized carbons (Fsp3) is 0.154. The molecule has 0 aliphatic carbocycles. The summed E-state index contributed by atoms with van der Waals surface area (Å²) in [6.45, 7) is 0. The summed E-state index contributed by atoms with van der Waals surface area (Å²) in [7, 11) is 6.80. The van der Waals surface area contributed by atoms with Crippen LogP contribution in [0.25, 0.3) is 6.08 Å². The lowest BCUT2D eigenvalue weighted by molar-refractivity contribution is 0.0601. The van der Waals surface area contributed by atoms with Gasteiger partial charge in [-0.05, 0) is 48.5 Å². The number of benzene rings is 3. The summed E-state index contributed by atoms with van der Waals surface area (Å²) in [4.78, 5) is 29.7. The standard InChI is InChI=1S/C26H23ClN2O4/c1-28(2)18-11-9-16(24(15-18)32-3)13-23-25(30)19-12-10-17(27)14-22(19)29(23)21-8-6-5-7-20(21)26(31)33-4/h5-15H,1-4H3. The van der Waals surface area contributed by atoms with Crippen molar-refractivity contribution in [3.8, 4) is 5.75 Å². The highest BCUT2D eigenvalue weighted by molar-refractivity contribution is 6.32. The lowest BCUT2D eigenvalue weighted by Gasteiger charge is -2.23. The highest BCUT2D eigenvalue weighted by atomic mass is 35.5. The molecule has 3 aromatic rings.